The third-order valence-corrected chi connectivity index (χ3v) is 1.14. The Morgan fingerprint density at radius 3 is 2.62 bits per heavy atom. The number of hydrogen-bond acceptors (Lipinski definition) is 4. The third-order valence-electron chi connectivity index (χ3n) is 1.14. The fourth-order valence-electron chi connectivity index (χ4n) is 0.534. The van der Waals surface area contributed by atoms with E-state index in [1.165, 1.54) is 0 Å². The molecule has 0 spiro atoms. The molecule has 74 valence electrons. The van der Waals surface area contributed by atoms with Gasteiger partial charge in [-0.1, -0.05) is 6.58 Å². The van der Waals surface area contributed by atoms with Crippen LogP contribution in [0.5, 0.6) is 0 Å². The number of carboxylic acids is 1. The zero-order chi connectivity index (χ0) is 10.3. The maximum atomic E-state index is 10.8. The maximum Gasteiger partial charge on any atom is 0.333 e. The number of carbonyl (C=O) groups excluding carboxylic acids is 1. The number of carbonyl (C=O) groups is 2. The lowest BCUT2D eigenvalue weighted by Crippen LogP contribution is -2.27. The minimum atomic E-state index is -0.939. The van der Waals surface area contributed by atoms with Crippen LogP contribution in [0.2, 0.25) is 0 Å². The summed E-state index contributed by atoms with van der Waals surface area (Å²) in [5, 5.41) is 10.8. The highest BCUT2D eigenvalue weighted by Crippen LogP contribution is 1.90. The number of rotatable bonds is 6. The van der Waals surface area contributed by atoms with E-state index in [1.807, 2.05) is 0 Å². The van der Waals surface area contributed by atoms with E-state index >= 15 is 0 Å². The summed E-state index contributed by atoms with van der Waals surface area (Å²) >= 11 is 0. The van der Waals surface area contributed by atoms with Crippen molar-refractivity contribution in [1.29, 1.82) is 0 Å². The second-order valence-corrected chi connectivity index (χ2v) is 2.49. The smallest absolute Gasteiger partial charge is 0.333 e. The minimum absolute atomic E-state index is 0.134. The molecule has 2 N–H and O–H groups in total. The van der Waals surface area contributed by atoms with Gasteiger partial charge in [0.15, 0.2) is 0 Å². The van der Waals surface area contributed by atoms with E-state index in [2.05, 4.69) is 11.9 Å². The van der Waals surface area contributed by atoms with Crippen LogP contribution in [-0.4, -0.2) is 36.7 Å². The lowest BCUT2D eigenvalue weighted by molar-refractivity contribution is -0.138. The Kier molecular flexibility index (Phi) is 5.54. The first-order valence-electron chi connectivity index (χ1n) is 3.79. The van der Waals surface area contributed by atoms with Crippen LogP contribution in [-0.2, 0) is 14.3 Å². The van der Waals surface area contributed by atoms with Crippen LogP contribution in [0.25, 0.3) is 0 Å². The van der Waals surface area contributed by atoms with Crippen LogP contribution in [0.1, 0.15) is 6.92 Å². The summed E-state index contributed by atoms with van der Waals surface area (Å²) in [4.78, 5) is 20.8. The zero-order valence-electron chi connectivity index (χ0n) is 7.50. The van der Waals surface area contributed by atoms with Crippen molar-refractivity contribution < 1.29 is 19.4 Å². The molecule has 0 heterocycles. The molecular formula is C8H13NO4. The van der Waals surface area contributed by atoms with Crippen LogP contribution >= 0.6 is 0 Å². The van der Waals surface area contributed by atoms with Crippen molar-refractivity contribution in [2.75, 3.05) is 19.7 Å². The molecule has 0 aliphatic rings. The molecule has 0 amide bonds. The molecule has 0 aliphatic heterocycles. The van der Waals surface area contributed by atoms with Gasteiger partial charge in [0.05, 0.1) is 6.54 Å². The fraction of sp³-hybridized carbons (Fsp3) is 0.500. The van der Waals surface area contributed by atoms with Crippen LogP contribution < -0.4 is 5.32 Å². The number of carboxylic acid groups (broad SMARTS) is 1. The molecule has 0 aromatic heterocycles. The van der Waals surface area contributed by atoms with Crippen molar-refractivity contribution in [2.24, 2.45) is 0 Å². The molecule has 0 saturated heterocycles. The van der Waals surface area contributed by atoms with Gasteiger partial charge < -0.3 is 15.2 Å². The summed E-state index contributed by atoms with van der Waals surface area (Å²) in [5.41, 5.74) is 0.332. The standard InChI is InChI=1S/C8H13NO4/c1-6(2)8(12)13-4-3-9-5-7(10)11/h9H,1,3-5H2,2H3,(H,10,11). The predicted molar refractivity (Wildman–Crippen MR) is 46.3 cm³/mol. The molecule has 0 radical (unpaired) electrons. The van der Waals surface area contributed by atoms with Crippen molar-refractivity contribution in [2.45, 2.75) is 6.92 Å². The molecule has 0 saturated carbocycles. The van der Waals surface area contributed by atoms with Crippen molar-refractivity contribution >= 4 is 11.9 Å². The normalized spacial score (nSPS) is 9.31. The van der Waals surface area contributed by atoms with Gasteiger partial charge in [-0.2, -0.15) is 0 Å². The van der Waals surface area contributed by atoms with E-state index in [1.54, 1.807) is 6.92 Å². The first-order valence-corrected chi connectivity index (χ1v) is 3.79. The molecule has 0 unspecified atom stereocenters. The minimum Gasteiger partial charge on any atom is -0.480 e. The number of ether oxygens (including phenoxy) is 1. The van der Waals surface area contributed by atoms with Gasteiger partial charge >= 0.3 is 11.9 Å². The van der Waals surface area contributed by atoms with Crippen molar-refractivity contribution in [1.82, 2.24) is 5.32 Å². The van der Waals surface area contributed by atoms with Gasteiger partial charge in [-0.3, -0.25) is 4.79 Å². The van der Waals surface area contributed by atoms with Crippen molar-refractivity contribution in [3.63, 3.8) is 0 Å². The summed E-state index contributed by atoms with van der Waals surface area (Å²) < 4.78 is 4.69. The summed E-state index contributed by atoms with van der Waals surface area (Å²) in [7, 11) is 0. The van der Waals surface area contributed by atoms with E-state index in [0.29, 0.717) is 12.1 Å². The largest absolute Gasteiger partial charge is 0.480 e. The van der Waals surface area contributed by atoms with Crippen LogP contribution in [0.4, 0.5) is 0 Å². The molecule has 5 nitrogen and oxygen atoms in total. The fourth-order valence-corrected chi connectivity index (χ4v) is 0.534. The van der Waals surface area contributed by atoms with E-state index in [0.717, 1.165) is 0 Å². The molecule has 0 fully saturated rings. The first-order chi connectivity index (χ1) is 6.04. The van der Waals surface area contributed by atoms with Gasteiger partial charge in [-0.15, -0.1) is 0 Å². The SMILES string of the molecule is C=C(C)C(=O)OCCNCC(=O)O. The molecule has 0 aromatic carbocycles. The topological polar surface area (TPSA) is 75.6 Å². The number of nitrogens with one attached hydrogen (secondary N) is 1. The second kappa shape index (κ2) is 6.19. The molecular weight excluding hydrogens is 174 g/mol. The quantitative estimate of drug-likeness (QED) is 0.341. The second-order valence-electron chi connectivity index (χ2n) is 2.49. The van der Waals surface area contributed by atoms with Gasteiger partial charge in [-0.05, 0) is 6.92 Å². The summed E-state index contributed by atoms with van der Waals surface area (Å²) in [6.07, 6.45) is 0. The third kappa shape index (κ3) is 7.02. The average molecular weight is 187 g/mol. The highest BCUT2D eigenvalue weighted by molar-refractivity contribution is 5.86. The predicted octanol–water partition coefficient (Wildman–Crippen LogP) is -0.220. The van der Waals surface area contributed by atoms with E-state index in [-0.39, 0.29) is 13.2 Å². The highest BCUT2D eigenvalue weighted by Gasteiger charge is 2.01. The van der Waals surface area contributed by atoms with Gasteiger partial charge in [-0.25, -0.2) is 4.79 Å². The Bertz CT molecular complexity index is 212. The maximum absolute atomic E-state index is 10.8. The molecule has 13 heavy (non-hydrogen) atoms. The lowest BCUT2D eigenvalue weighted by Gasteiger charge is -2.03. The van der Waals surface area contributed by atoms with Crippen LogP contribution in [0.15, 0.2) is 12.2 Å². The number of aliphatic carboxylic acids is 1. The summed E-state index contributed by atoms with van der Waals surface area (Å²) in [5.74, 6) is -1.40. The Balaban J connectivity index is 3.31. The highest BCUT2D eigenvalue weighted by atomic mass is 16.5. The molecule has 5 heteroatoms. The van der Waals surface area contributed by atoms with Gasteiger partial charge in [0, 0.05) is 12.1 Å². The average Bonchev–Trinajstić information content (AvgIpc) is 2.02. The van der Waals surface area contributed by atoms with Gasteiger partial charge in [0.25, 0.3) is 0 Å². The molecule has 0 aliphatic carbocycles. The summed E-state index contributed by atoms with van der Waals surface area (Å²) in [6.45, 7) is 5.28. The Morgan fingerprint density at radius 1 is 1.54 bits per heavy atom. The first kappa shape index (κ1) is 11.6. The lowest BCUT2D eigenvalue weighted by atomic mass is 10.4. The molecule has 0 rings (SSSR count). The number of hydrogen-bond donors (Lipinski definition) is 2. The zero-order valence-corrected chi connectivity index (χ0v) is 7.50. The van der Waals surface area contributed by atoms with E-state index in [4.69, 9.17) is 9.84 Å². The van der Waals surface area contributed by atoms with E-state index in [9.17, 15) is 9.59 Å². The Hall–Kier alpha value is -1.36. The Morgan fingerprint density at radius 2 is 2.15 bits per heavy atom. The molecule has 0 bridgehead atoms. The Labute approximate surface area is 76.4 Å². The molecule has 0 atom stereocenters. The summed E-state index contributed by atoms with van der Waals surface area (Å²) in [6, 6.07) is 0. The van der Waals surface area contributed by atoms with Crippen molar-refractivity contribution in [3.8, 4) is 0 Å². The molecule has 0 aromatic rings. The monoisotopic (exact) mass is 187 g/mol. The van der Waals surface area contributed by atoms with E-state index < -0.39 is 11.9 Å². The van der Waals surface area contributed by atoms with Crippen LogP contribution in [0.3, 0.4) is 0 Å². The van der Waals surface area contributed by atoms with Crippen LogP contribution in [0, 0.1) is 0 Å². The van der Waals surface area contributed by atoms with Gasteiger partial charge in [0.1, 0.15) is 6.61 Å². The van der Waals surface area contributed by atoms with Crippen molar-refractivity contribution in [3.05, 3.63) is 12.2 Å². The number of esters is 1. The van der Waals surface area contributed by atoms with Gasteiger partial charge in [0.2, 0.25) is 0 Å².